The van der Waals surface area contributed by atoms with Crippen LogP contribution >= 0.6 is 11.3 Å². The van der Waals surface area contributed by atoms with E-state index in [1.54, 1.807) is 11.3 Å². The lowest BCUT2D eigenvalue weighted by atomic mass is 9.86. The van der Waals surface area contributed by atoms with Gasteiger partial charge in [0.2, 0.25) is 0 Å². The Labute approximate surface area is 146 Å². The maximum Gasteiger partial charge on any atom is 0.190 e. The zero-order chi connectivity index (χ0) is 15.9. The first-order valence-corrected chi connectivity index (χ1v) is 9.93. The monoisotopic (exact) mass is 338 g/mol. The maximum absolute atomic E-state index is 6.47. The fourth-order valence-electron chi connectivity index (χ4n) is 4.38. The Bertz CT molecular complexity index is 749. The van der Waals surface area contributed by atoms with E-state index in [2.05, 4.69) is 46.8 Å². The van der Waals surface area contributed by atoms with Gasteiger partial charge >= 0.3 is 0 Å². The predicted octanol–water partition coefficient (Wildman–Crippen LogP) is 5.20. The molecule has 24 heavy (non-hydrogen) atoms. The molecule has 3 aliphatic rings. The van der Waals surface area contributed by atoms with E-state index in [-0.39, 0.29) is 6.23 Å². The Kier molecular flexibility index (Phi) is 3.58. The molecule has 2 aromatic rings. The highest BCUT2D eigenvalue weighted by Crippen LogP contribution is 2.46. The van der Waals surface area contributed by atoms with E-state index in [0.29, 0.717) is 12.0 Å². The second-order valence-electron chi connectivity index (χ2n) is 7.07. The number of nitrogens with zero attached hydrogens (tertiary/aromatic N) is 2. The van der Waals surface area contributed by atoms with Crippen LogP contribution in [-0.2, 0) is 0 Å². The molecule has 1 aromatic heterocycles. The molecule has 1 saturated carbocycles. The van der Waals surface area contributed by atoms with Crippen LogP contribution in [0.3, 0.4) is 0 Å². The first kappa shape index (κ1) is 14.5. The van der Waals surface area contributed by atoms with E-state index in [9.17, 15) is 0 Å². The summed E-state index contributed by atoms with van der Waals surface area (Å²) in [5.74, 6) is 1.66. The molecule has 124 valence electrons. The molecule has 0 spiro atoms. The molecule has 0 radical (unpaired) electrons. The Morgan fingerprint density at radius 1 is 1.04 bits per heavy atom. The quantitative estimate of drug-likeness (QED) is 0.752. The predicted molar refractivity (Wildman–Crippen MR) is 97.5 cm³/mol. The molecular weight excluding hydrogens is 316 g/mol. The first-order chi connectivity index (χ1) is 11.9. The van der Waals surface area contributed by atoms with E-state index in [0.717, 1.165) is 12.2 Å². The second-order valence-corrected chi connectivity index (χ2v) is 8.02. The lowest BCUT2D eigenvalue weighted by molar-refractivity contribution is -0.0643. The van der Waals surface area contributed by atoms with Gasteiger partial charge in [0.05, 0.1) is 16.6 Å². The molecule has 3 heterocycles. The number of hydrazone groups is 1. The van der Waals surface area contributed by atoms with E-state index < -0.39 is 0 Å². The van der Waals surface area contributed by atoms with Crippen molar-refractivity contribution in [2.45, 2.75) is 50.8 Å². The van der Waals surface area contributed by atoms with Gasteiger partial charge < -0.3 is 4.74 Å². The van der Waals surface area contributed by atoms with E-state index in [1.807, 2.05) is 0 Å². The zero-order valence-corrected chi connectivity index (χ0v) is 14.5. The summed E-state index contributed by atoms with van der Waals surface area (Å²) < 4.78 is 6.47. The van der Waals surface area contributed by atoms with Crippen LogP contribution in [0, 0.1) is 5.92 Å². The number of hydrogen-bond donors (Lipinski definition) is 0. The molecule has 5 rings (SSSR count). The Hall–Kier alpha value is -1.81. The average Bonchev–Trinajstić information content (AvgIpc) is 3.31. The fourth-order valence-corrected chi connectivity index (χ4v) is 5.11. The summed E-state index contributed by atoms with van der Waals surface area (Å²) in [4.78, 5) is 1.30. The van der Waals surface area contributed by atoms with Gasteiger partial charge in [-0.25, -0.2) is 5.01 Å². The Morgan fingerprint density at radius 3 is 2.75 bits per heavy atom. The largest absolute Gasteiger partial charge is 0.468 e. The topological polar surface area (TPSA) is 24.8 Å². The van der Waals surface area contributed by atoms with Gasteiger partial charge in [-0.2, -0.15) is 5.10 Å². The van der Waals surface area contributed by atoms with Gasteiger partial charge in [-0.3, -0.25) is 0 Å². The van der Waals surface area contributed by atoms with Crippen molar-refractivity contribution in [3.05, 3.63) is 52.2 Å². The van der Waals surface area contributed by atoms with Crippen LogP contribution in [0.1, 0.15) is 55.0 Å². The lowest BCUT2D eigenvalue weighted by Crippen LogP contribution is -2.45. The normalized spacial score (nSPS) is 26.5. The van der Waals surface area contributed by atoms with Gasteiger partial charge in [-0.1, -0.05) is 43.5 Å². The maximum atomic E-state index is 6.47. The lowest BCUT2D eigenvalue weighted by Gasteiger charge is -2.42. The molecular formula is C20H22N2OS. The highest BCUT2D eigenvalue weighted by Gasteiger charge is 2.43. The summed E-state index contributed by atoms with van der Waals surface area (Å²) in [6.45, 7) is 0. The third-order valence-electron chi connectivity index (χ3n) is 5.59. The van der Waals surface area contributed by atoms with E-state index in [1.165, 1.54) is 48.3 Å². The highest BCUT2D eigenvalue weighted by atomic mass is 32.1. The standard InChI is InChI=1S/C20H22N2OS/c1-2-7-14(8-3-1)20-22-17(15-9-4-5-10-18(15)23-20)13-16(21-22)19-11-6-12-24-19/h4-6,9-12,14,17,20H,1-3,7-8,13H2/t17-,20+/m1/s1. The number of benzene rings is 1. The molecule has 4 heteroatoms. The van der Waals surface area contributed by atoms with Gasteiger partial charge in [-0.05, 0) is 30.4 Å². The smallest absolute Gasteiger partial charge is 0.190 e. The molecule has 2 aliphatic heterocycles. The van der Waals surface area contributed by atoms with Crippen LogP contribution in [-0.4, -0.2) is 16.9 Å². The van der Waals surface area contributed by atoms with Crippen molar-refractivity contribution in [3.63, 3.8) is 0 Å². The molecule has 0 unspecified atom stereocenters. The molecule has 0 saturated heterocycles. The average molecular weight is 338 g/mol. The van der Waals surface area contributed by atoms with E-state index >= 15 is 0 Å². The minimum absolute atomic E-state index is 0.0997. The Balaban J connectivity index is 1.53. The number of thiophene rings is 1. The van der Waals surface area contributed by atoms with Gasteiger partial charge in [0, 0.05) is 17.9 Å². The van der Waals surface area contributed by atoms with Crippen molar-refractivity contribution >= 4 is 17.0 Å². The van der Waals surface area contributed by atoms with Crippen LogP contribution in [0.15, 0.2) is 46.9 Å². The van der Waals surface area contributed by atoms with Crippen LogP contribution in [0.2, 0.25) is 0 Å². The summed E-state index contributed by atoms with van der Waals surface area (Å²) in [6.07, 6.45) is 7.64. The molecule has 1 aliphatic carbocycles. The van der Waals surface area contributed by atoms with Gasteiger partial charge in [0.15, 0.2) is 6.23 Å². The number of hydrogen-bond acceptors (Lipinski definition) is 4. The summed E-state index contributed by atoms with van der Waals surface area (Å²) >= 11 is 1.79. The van der Waals surface area contributed by atoms with Gasteiger partial charge in [0.25, 0.3) is 0 Å². The molecule has 0 N–H and O–H groups in total. The number of rotatable bonds is 2. The molecule has 1 aromatic carbocycles. The van der Waals surface area contributed by atoms with Crippen molar-refractivity contribution < 1.29 is 4.74 Å². The van der Waals surface area contributed by atoms with Crippen molar-refractivity contribution in [1.29, 1.82) is 0 Å². The van der Waals surface area contributed by atoms with Crippen LogP contribution in [0.4, 0.5) is 0 Å². The minimum Gasteiger partial charge on any atom is -0.468 e. The molecule has 0 amide bonds. The summed E-state index contributed by atoms with van der Waals surface area (Å²) in [6, 6.07) is 13.2. The zero-order valence-electron chi connectivity index (χ0n) is 13.7. The van der Waals surface area contributed by atoms with Crippen molar-refractivity contribution in [2.75, 3.05) is 0 Å². The van der Waals surface area contributed by atoms with Crippen LogP contribution in [0.25, 0.3) is 0 Å². The van der Waals surface area contributed by atoms with Gasteiger partial charge in [0.1, 0.15) is 5.75 Å². The van der Waals surface area contributed by atoms with E-state index in [4.69, 9.17) is 9.84 Å². The third-order valence-corrected chi connectivity index (χ3v) is 6.51. The number of fused-ring (bicyclic) bond motifs is 3. The third kappa shape index (κ3) is 2.35. The van der Waals surface area contributed by atoms with Gasteiger partial charge in [-0.15, -0.1) is 11.3 Å². The van der Waals surface area contributed by atoms with Crippen LogP contribution in [0.5, 0.6) is 5.75 Å². The fraction of sp³-hybridized carbons (Fsp3) is 0.450. The van der Waals surface area contributed by atoms with Crippen molar-refractivity contribution in [2.24, 2.45) is 11.0 Å². The minimum atomic E-state index is 0.0997. The van der Waals surface area contributed by atoms with Crippen molar-refractivity contribution in [1.82, 2.24) is 5.01 Å². The molecule has 3 nitrogen and oxygen atoms in total. The van der Waals surface area contributed by atoms with Crippen molar-refractivity contribution in [3.8, 4) is 5.75 Å². The summed E-state index contributed by atoms with van der Waals surface area (Å²) in [7, 11) is 0. The molecule has 0 bridgehead atoms. The number of para-hydroxylation sites is 1. The second kappa shape index (κ2) is 5.92. The highest BCUT2D eigenvalue weighted by molar-refractivity contribution is 7.12. The number of ether oxygens (including phenoxy) is 1. The first-order valence-electron chi connectivity index (χ1n) is 9.05. The Morgan fingerprint density at radius 2 is 1.92 bits per heavy atom. The summed E-state index contributed by atoms with van der Waals surface area (Å²) in [5.41, 5.74) is 2.51. The summed E-state index contributed by atoms with van der Waals surface area (Å²) in [5, 5.41) is 9.47. The molecule has 1 fully saturated rings. The van der Waals surface area contributed by atoms with Crippen LogP contribution < -0.4 is 4.74 Å². The SMILES string of the molecule is c1csc(C2=NN3[C@H](C2)c2ccccc2O[C@H]3C2CCCCC2)c1. The molecule has 2 atom stereocenters.